The van der Waals surface area contributed by atoms with E-state index in [0.29, 0.717) is 12.0 Å². The van der Waals surface area contributed by atoms with Gasteiger partial charge in [0.25, 0.3) is 0 Å². The fraction of sp³-hybridized carbons (Fsp3) is 0.533. The molecule has 1 fully saturated rings. The van der Waals surface area contributed by atoms with Crippen molar-refractivity contribution in [2.45, 2.75) is 42.4 Å². The van der Waals surface area contributed by atoms with Crippen molar-refractivity contribution in [2.75, 3.05) is 7.11 Å². The molecule has 7 heteroatoms. The van der Waals surface area contributed by atoms with Gasteiger partial charge in [-0.05, 0) is 30.9 Å². The molecule has 0 radical (unpaired) electrons. The Morgan fingerprint density at radius 1 is 1.36 bits per heavy atom. The number of pyridine rings is 1. The molecule has 1 aromatic rings. The van der Waals surface area contributed by atoms with Crippen LogP contribution in [0.4, 0.5) is 13.2 Å². The van der Waals surface area contributed by atoms with Crippen molar-refractivity contribution in [1.29, 1.82) is 0 Å². The largest absolute Gasteiger partial charge is 0.481 e. The molecule has 1 saturated heterocycles. The topological polar surface area (TPSA) is 39.2 Å². The first kappa shape index (κ1) is 15.5. The van der Waals surface area contributed by atoms with Gasteiger partial charge in [-0.15, -0.1) is 0 Å². The molecule has 0 amide bonds. The summed E-state index contributed by atoms with van der Waals surface area (Å²) < 4.78 is 56.1. The Labute approximate surface area is 129 Å². The van der Waals surface area contributed by atoms with Crippen LogP contribution in [-0.4, -0.2) is 26.8 Å². The number of aromatic nitrogens is 1. The average Bonchev–Trinajstić information content (AvgIpc) is 2.45. The van der Waals surface area contributed by atoms with E-state index in [4.69, 9.17) is 4.74 Å². The molecule has 3 nitrogen and oxygen atoms in total. The van der Waals surface area contributed by atoms with Crippen molar-refractivity contribution in [1.82, 2.24) is 4.98 Å². The fourth-order valence-corrected chi connectivity index (χ4v) is 5.03. The van der Waals surface area contributed by atoms with Gasteiger partial charge in [-0.2, -0.15) is 13.2 Å². The van der Waals surface area contributed by atoms with Crippen LogP contribution in [-0.2, 0) is 17.0 Å². The molecule has 0 spiro atoms. The number of allylic oxidation sites excluding steroid dienone is 1. The van der Waals surface area contributed by atoms with Crippen molar-refractivity contribution in [3.8, 4) is 5.88 Å². The summed E-state index contributed by atoms with van der Waals surface area (Å²) >= 11 is 0. The first-order valence-corrected chi connectivity index (χ1v) is 8.39. The number of alkyl halides is 3. The lowest BCUT2D eigenvalue weighted by Gasteiger charge is -2.33. The molecule has 22 heavy (non-hydrogen) atoms. The van der Waals surface area contributed by atoms with Crippen LogP contribution >= 0.6 is 0 Å². The van der Waals surface area contributed by atoms with Crippen LogP contribution in [0.15, 0.2) is 18.3 Å². The van der Waals surface area contributed by atoms with Gasteiger partial charge in [-0.3, -0.25) is 4.21 Å². The molecule has 0 N–H and O–H groups in total. The van der Waals surface area contributed by atoms with Gasteiger partial charge in [0, 0.05) is 27.8 Å². The van der Waals surface area contributed by atoms with Crippen molar-refractivity contribution >= 4 is 16.4 Å². The monoisotopic (exact) mass is 331 g/mol. The van der Waals surface area contributed by atoms with Crippen LogP contribution in [0.2, 0.25) is 0 Å². The van der Waals surface area contributed by atoms with Gasteiger partial charge in [0.15, 0.2) is 0 Å². The SMILES string of the molecule is COc1ncc(C(F)(F)F)cc1C1=CC2CCCC(C1)S2=O. The van der Waals surface area contributed by atoms with Crippen LogP contribution in [0.5, 0.6) is 5.88 Å². The van der Waals surface area contributed by atoms with E-state index in [1.807, 2.05) is 6.08 Å². The highest BCUT2D eigenvalue weighted by atomic mass is 32.2. The predicted molar refractivity (Wildman–Crippen MR) is 78.0 cm³/mol. The third-order valence-electron chi connectivity index (χ3n) is 4.19. The van der Waals surface area contributed by atoms with Crippen LogP contribution in [0.25, 0.3) is 5.57 Å². The number of fused-ring (bicyclic) bond motifs is 2. The van der Waals surface area contributed by atoms with E-state index in [-0.39, 0.29) is 16.4 Å². The molecule has 3 heterocycles. The summed E-state index contributed by atoms with van der Waals surface area (Å²) in [5.74, 6) is 0.185. The minimum atomic E-state index is -4.44. The van der Waals surface area contributed by atoms with Gasteiger partial charge in [-0.1, -0.05) is 12.5 Å². The maximum absolute atomic E-state index is 12.9. The second-order valence-electron chi connectivity index (χ2n) is 5.59. The number of hydrogen-bond donors (Lipinski definition) is 0. The number of halogens is 3. The van der Waals surface area contributed by atoms with Crippen molar-refractivity contribution < 1.29 is 22.1 Å². The van der Waals surface area contributed by atoms with E-state index in [1.54, 1.807) is 0 Å². The number of hydrogen-bond acceptors (Lipinski definition) is 3. The van der Waals surface area contributed by atoms with Crippen LogP contribution in [0.1, 0.15) is 36.8 Å². The minimum absolute atomic E-state index is 0.0259. The number of rotatable bonds is 2. The Bertz CT molecular complexity index is 642. The molecular weight excluding hydrogens is 315 g/mol. The molecule has 1 aromatic heterocycles. The summed E-state index contributed by atoms with van der Waals surface area (Å²) in [5, 5.41) is -0.0419. The summed E-state index contributed by atoms with van der Waals surface area (Å²) in [6.45, 7) is 0. The highest BCUT2D eigenvalue weighted by Gasteiger charge is 2.36. The quantitative estimate of drug-likeness (QED) is 0.832. The number of nitrogens with zero attached hydrogens (tertiary/aromatic N) is 1. The Morgan fingerprint density at radius 3 is 2.77 bits per heavy atom. The first-order valence-electron chi connectivity index (χ1n) is 7.12. The van der Waals surface area contributed by atoms with Gasteiger partial charge in [0.05, 0.1) is 17.9 Å². The van der Waals surface area contributed by atoms with E-state index in [0.717, 1.165) is 37.1 Å². The minimum Gasteiger partial charge on any atom is -0.481 e. The Kier molecular flexibility index (Phi) is 4.01. The average molecular weight is 331 g/mol. The molecule has 3 atom stereocenters. The molecule has 0 aromatic carbocycles. The van der Waals surface area contributed by atoms with Gasteiger partial charge < -0.3 is 4.74 Å². The van der Waals surface area contributed by atoms with Crippen molar-refractivity contribution in [3.63, 3.8) is 0 Å². The molecule has 2 aliphatic rings. The molecule has 3 unspecified atom stereocenters. The summed E-state index contributed by atoms with van der Waals surface area (Å²) in [7, 11) is 0.469. The lowest BCUT2D eigenvalue weighted by molar-refractivity contribution is -0.137. The Morgan fingerprint density at radius 2 is 2.14 bits per heavy atom. The second kappa shape index (κ2) is 5.68. The van der Waals surface area contributed by atoms with Crippen LogP contribution in [0, 0.1) is 0 Å². The van der Waals surface area contributed by atoms with Crippen molar-refractivity contribution in [3.05, 3.63) is 29.5 Å². The van der Waals surface area contributed by atoms with Gasteiger partial charge in [0.2, 0.25) is 5.88 Å². The second-order valence-corrected chi connectivity index (χ2v) is 7.52. The molecule has 2 bridgehead atoms. The Balaban J connectivity index is 2.05. The molecule has 0 aliphatic carbocycles. The van der Waals surface area contributed by atoms with Gasteiger partial charge in [0.1, 0.15) is 0 Å². The zero-order valence-corrected chi connectivity index (χ0v) is 12.8. The summed E-state index contributed by atoms with van der Waals surface area (Å²) in [5.41, 5.74) is 0.344. The zero-order chi connectivity index (χ0) is 15.9. The third kappa shape index (κ3) is 2.78. The van der Waals surface area contributed by atoms with E-state index >= 15 is 0 Å². The first-order chi connectivity index (χ1) is 10.4. The predicted octanol–water partition coefficient (Wildman–Crippen LogP) is 3.57. The number of ether oxygens (including phenoxy) is 1. The van der Waals surface area contributed by atoms with Crippen molar-refractivity contribution in [2.24, 2.45) is 0 Å². The maximum atomic E-state index is 12.9. The summed E-state index contributed by atoms with van der Waals surface area (Å²) in [6, 6.07) is 1.08. The normalized spacial score (nSPS) is 28.2. The highest BCUT2D eigenvalue weighted by molar-refractivity contribution is 7.86. The fourth-order valence-electron chi connectivity index (χ4n) is 3.10. The molecule has 0 saturated carbocycles. The van der Waals surface area contributed by atoms with E-state index in [1.165, 1.54) is 7.11 Å². The van der Waals surface area contributed by atoms with Crippen LogP contribution in [0.3, 0.4) is 0 Å². The third-order valence-corrected chi connectivity index (χ3v) is 6.22. The van der Waals surface area contributed by atoms with E-state index < -0.39 is 22.5 Å². The van der Waals surface area contributed by atoms with E-state index in [2.05, 4.69) is 4.98 Å². The lowest BCUT2D eigenvalue weighted by Crippen LogP contribution is -2.33. The van der Waals surface area contributed by atoms with Gasteiger partial charge in [-0.25, -0.2) is 4.98 Å². The standard InChI is InChI=1S/C15H16F3NO2S/c1-21-14-13(7-10(8-19-14)15(16,17)18)9-5-11-3-2-4-12(6-9)22(11)20/h5,7-8,11-12H,2-4,6H2,1H3. The number of methoxy groups -OCH3 is 1. The Hall–Kier alpha value is -1.37. The smallest absolute Gasteiger partial charge is 0.417 e. The highest BCUT2D eigenvalue weighted by Crippen LogP contribution is 2.40. The molecular formula is C15H16F3NO2S. The molecule has 3 rings (SSSR count). The summed E-state index contributed by atoms with van der Waals surface area (Å²) in [4.78, 5) is 3.79. The lowest BCUT2D eigenvalue weighted by atomic mass is 9.93. The molecule has 120 valence electrons. The van der Waals surface area contributed by atoms with Gasteiger partial charge >= 0.3 is 6.18 Å². The summed E-state index contributed by atoms with van der Waals surface area (Å²) in [6.07, 6.45) is 1.40. The zero-order valence-electron chi connectivity index (χ0n) is 12.0. The van der Waals surface area contributed by atoms with E-state index in [9.17, 15) is 17.4 Å². The maximum Gasteiger partial charge on any atom is 0.417 e. The molecule has 2 aliphatic heterocycles. The van der Waals surface area contributed by atoms with Crippen LogP contribution < -0.4 is 4.74 Å².